The topological polar surface area (TPSA) is 53.5 Å². The smallest absolute Gasteiger partial charge is 0.234 e. The molecule has 2 aromatic rings. The van der Waals surface area contributed by atoms with Crippen LogP contribution in [0.2, 0.25) is 0 Å². The Balaban J connectivity index is 1.77. The van der Waals surface area contributed by atoms with Gasteiger partial charge in [0.05, 0.1) is 11.6 Å². The van der Waals surface area contributed by atoms with Crippen molar-refractivity contribution in [2.75, 3.05) is 22.9 Å². The largest absolute Gasteiger partial charge is 0.312 e. The van der Waals surface area contributed by atoms with Gasteiger partial charge in [0.1, 0.15) is 0 Å². The second-order valence-corrected chi connectivity index (χ2v) is 6.43. The Morgan fingerprint density at radius 3 is 2.74 bits per heavy atom. The molecule has 5 nitrogen and oxygen atoms in total. The lowest BCUT2D eigenvalue weighted by atomic mass is 10.1. The van der Waals surface area contributed by atoms with E-state index in [1.165, 1.54) is 11.3 Å². The van der Waals surface area contributed by atoms with Crippen LogP contribution >= 0.6 is 11.3 Å². The third kappa shape index (κ3) is 3.12. The van der Waals surface area contributed by atoms with E-state index in [4.69, 9.17) is 0 Å². The van der Waals surface area contributed by atoms with Crippen LogP contribution in [0.4, 0.5) is 10.8 Å². The number of carbonyl (C=O) groups is 2. The predicted molar refractivity (Wildman–Crippen MR) is 91.8 cm³/mol. The zero-order chi connectivity index (χ0) is 16.4. The van der Waals surface area contributed by atoms with E-state index in [1.54, 1.807) is 9.80 Å². The number of nitrogens with zero attached hydrogens (tertiary/aromatic N) is 3. The highest BCUT2D eigenvalue weighted by atomic mass is 32.1. The molecule has 120 valence electrons. The van der Waals surface area contributed by atoms with Gasteiger partial charge in [-0.3, -0.25) is 14.5 Å². The Morgan fingerprint density at radius 2 is 2.13 bits per heavy atom. The lowest BCUT2D eigenvalue weighted by molar-refractivity contribution is -0.124. The van der Waals surface area contributed by atoms with Gasteiger partial charge >= 0.3 is 0 Å². The summed E-state index contributed by atoms with van der Waals surface area (Å²) in [5.41, 5.74) is 1.76. The van der Waals surface area contributed by atoms with Crippen molar-refractivity contribution in [3.63, 3.8) is 0 Å². The molecule has 23 heavy (non-hydrogen) atoms. The van der Waals surface area contributed by atoms with Gasteiger partial charge in [0.25, 0.3) is 0 Å². The summed E-state index contributed by atoms with van der Waals surface area (Å²) in [5.74, 6) is -0.332. The van der Waals surface area contributed by atoms with Crippen LogP contribution in [-0.4, -0.2) is 29.9 Å². The van der Waals surface area contributed by atoms with E-state index in [-0.39, 0.29) is 24.2 Å². The SMILES string of the molecule is CCN(C(=O)[C@H]1CC(=O)N(c2ccccc2)C1)c1nc(C)cs1. The van der Waals surface area contributed by atoms with E-state index in [9.17, 15) is 9.59 Å². The van der Waals surface area contributed by atoms with Crippen molar-refractivity contribution in [1.82, 2.24) is 4.98 Å². The summed E-state index contributed by atoms with van der Waals surface area (Å²) in [7, 11) is 0. The number of aryl methyl sites for hydroxylation is 1. The highest BCUT2D eigenvalue weighted by Crippen LogP contribution is 2.28. The first-order chi connectivity index (χ1) is 11.1. The Kier molecular flexibility index (Phi) is 4.43. The third-order valence-electron chi connectivity index (χ3n) is 3.96. The second-order valence-electron chi connectivity index (χ2n) is 5.59. The van der Waals surface area contributed by atoms with E-state index in [2.05, 4.69) is 4.98 Å². The van der Waals surface area contributed by atoms with Crippen LogP contribution < -0.4 is 9.80 Å². The van der Waals surface area contributed by atoms with Crippen LogP contribution in [0.15, 0.2) is 35.7 Å². The quantitative estimate of drug-likeness (QED) is 0.867. The van der Waals surface area contributed by atoms with Crippen LogP contribution in [0.1, 0.15) is 19.0 Å². The van der Waals surface area contributed by atoms with E-state index in [1.807, 2.05) is 49.6 Å². The minimum atomic E-state index is -0.313. The lowest BCUT2D eigenvalue weighted by Crippen LogP contribution is -2.37. The number of amides is 2. The van der Waals surface area contributed by atoms with Crippen LogP contribution in [0.3, 0.4) is 0 Å². The average molecular weight is 329 g/mol. The van der Waals surface area contributed by atoms with Crippen LogP contribution in [0.5, 0.6) is 0 Å². The maximum Gasteiger partial charge on any atom is 0.234 e. The van der Waals surface area contributed by atoms with Gasteiger partial charge in [0, 0.05) is 30.6 Å². The second kappa shape index (κ2) is 6.50. The van der Waals surface area contributed by atoms with Crippen LogP contribution in [-0.2, 0) is 9.59 Å². The Bertz CT molecular complexity index is 714. The molecule has 2 heterocycles. The van der Waals surface area contributed by atoms with E-state index >= 15 is 0 Å². The summed E-state index contributed by atoms with van der Waals surface area (Å²) in [6.07, 6.45) is 0.259. The Morgan fingerprint density at radius 1 is 1.39 bits per heavy atom. The number of anilines is 2. The molecule has 0 aliphatic carbocycles. The van der Waals surface area contributed by atoms with Crippen molar-refractivity contribution in [2.24, 2.45) is 5.92 Å². The van der Waals surface area contributed by atoms with Gasteiger partial charge in [-0.1, -0.05) is 18.2 Å². The van der Waals surface area contributed by atoms with Crippen molar-refractivity contribution in [1.29, 1.82) is 0 Å². The number of rotatable bonds is 4. The highest BCUT2D eigenvalue weighted by molar-refractivity contribution is 7.14. The number of para-hydroxylation sites is 1. The van der Waals surface area contributed by atoms with Gasteiger partial charge in [-0.15, -0.1) is 11.3 Å². The molecule has 0 unspecified atom stereocenters. The number of aromatic nitrogens is 1. The average Bonchev–Trinajstić information content (AvgIpc) is 3.15. The van der Waals surface area contributed by atoms with Crippen molar-refractivity contribution >= 4 is 34.0 Å². The van der Waals surface area contributed by atoms with Crippen molar-refractivity contribution in [2.45, 2.75) is 20.3 Å². The number of benzene rings is 1. The fourth-order valence-electron chi connectivity index (χ4n) is 2.80. The number of thiazole rings is 1. The number of carbonyl (C=O) groups excluding carboxylic acids is 2. The fourth-order valence-corrected chi connectivity index (χ4v) is 3.67. The molecular formula is C17H19N3O2S. The summed E-state index contributed by atoms with van der Waals surface area (Å²) < 4.78 is 0. The number of hydrogen-bond donors (Lipinski definition) is 0. The zero-order valence-electron chi connectivity index (χ0n) is 13.2. The van der Waals surface area contributed by atoms with Crippen LogP contribution in [0, 0.1) is 12.8 Å². The van der Waals surface area contributed by atoms with E-state index < -0.39 is 0 Å². The van der Waals surface area contributed by atoms with Gasteiger partial charge in [-0.25, -0.2) is 4.98 Å². The molecule has 1 aromatic carbocycles. The van der Waals surface area contributed by atoms with Crippen molar-refractivity contribution in [3.05, 3.63) is 41.4 Å². The molecule has 0 N–H and O–H groups in total. The maximum absolute atomic E-state index is 12.8. The number of hydrogen-bond acceptors (Lipinski definition) is 4. The summed E-state index contributed by atoms with van der Waals surface area (Å²) in [6.45, 7) is 4.83. The molecule has 1 atom stereocenters. The third-order valence-corrected chi connectivity index (χ3v) is 4.94. The zero-order valence-corrected chi connectivity index (χ0v) is 14.0. The maximum atomic E-state index is 12.8. The first-order valence-electron chi connectivity index (χ1n) is 7.69. The van der Waals surface area contributed by atoms with Crippen molar-refractivity contribution in [3.8, 4) is 0 Å². The lowest BCUT2D eigenvalue weighted by Gasteiger charge is -2.22. The summed E-state index contributed by atoms with van der Waals surface area (Å²) in [4.78, 5) is 32.9. The fraction of sp³-hybridized carbons (Fsp3) is 0.353. The van der Waals surface area contributed by atoms with E-state index in [0.29, 0.717) is 18.2 Å². The van der Waals surface area contributed by atoms with Crippen molar-refractivity contribution < 1.29 is 9.59 Å². The molecule has 6 heteroatoms. The highest BCUT2D eigenvalue weighted by Gasteiger charge is 2.37. The summed E-state index contributed by atoms with van der Waals surface area (Å²) in [6, 6.07) is 9.50. The molecule has 1 aromatic heterocycles. The Labute approximate surface area is 139 Å². The molecule has 0 saturated carbocycles. The summed E-state index contributed by atoms with van der Waals surface area (Å²) in [5, 5.41) is 2.64. The normalized spacial score (nSPS) is 17.6. The molecule has 1 aliphatic rings. The molecule has 0 bridgehead atoms. The molecule has 0 radical (unpaired) electrons. The van der Waals surface area contributed by atoms with Gasteiger partial charge < -0.3 is 4.90 Å². The minimum Gasteiger partial charge on any atom is -0.312 e. The standard InChI is InChI=1S/C17H19N3O2S/c1-3-19(17-18-12(2)11-23-17)16(22)13-9-15(21)20(10-13)14-7-5-4-6-8-14/h4-8,11,13H,3,9-10H2,1-2H3/t13-/m0/s1. The van der Waals surface area contributed by atoms with E-state index in [0.717, 1.165) is 11.4 Å². The van der Waals surface area contributed by atoms with Gasteiger partial charge in [0.2, 0.25) is 11.8 Å². The molecular weight excluding hydrogens is 310 g/mol. The van der Waals surface area contributed by atoms with Gasteiger partial charge in [-0.05, 0) is 26.0 Å². The molecule has 0 spiro atoms. The van der Waals surface area contributed by atoms with Crippen LogP contribution in [0.25, 0.3) is 0 Å². The summed E-state index contributed by atoms with van der Waals surface area (Å²) >= 11 is 1.46. The molecule has 1 saturated heterocycles. The molecule has 3 rings (SSSR count). The molecule has 2 amide bonds. The van der Waals surface area contributed by atoms with Gasteiger partial charge in [-0.2, -0.15) is 0 Å². The Hall–Kier alpha value is -2.21. The predicted octanol–water partition coefficient (Wildman–Crippen LogP) is 2.86. The van der Waals surface area contributed by atoms with Gasteiger partial charge in [0.15, 0.2) is 5.13 Å². The minimum absolute atomic E-state index is 0.000854. The first-order valence-corrected chi connectivity index (χ1v) is 8.57. The first kappa shape index (κ1) is 15.7. The molecule has 1 fully saturated rings. The molecule has 1 aliphatic heterocycles. The monoisotopic (exact) mass is 329 g/mol.